The minimum Gasteiger partial charge on any atom is -0.399 e. The number of aromatic nitrogens is 2. The zero-order valence-corrected chi connectivity index (χ0v) is 7.77. The average molecular weight is 209 g/mol. The Kier molecular flexibility index (Phi) is 2.37. The maximum absolute atomic E-state index is 12.5. The van der Waals surface area contributed by atoms with Crippen LogP contribution in [0.15, 0.2) is 36.7 Å². The van der Waals surface area contributed by atoms with Gasteiger partial charge in [0.15, 0.2) is 0 Å². The number of nitrogens with zero attached hydrogens (tertiary/aromatic N) is 2. The Balaban J connectivity index is 2.45. The summed E-state index contributed by atoms with van der Waals surface area (Å²) in [4.78, 5) is 3.88. The Hall–Kier alpha value is -1.91. The summed E-state index contributed by atoms with van der Waals surface area (Å²) in [6.07, 6.45) is 2.59. The fraction of sp³-hybridized carbons (Fsp3) is 0.100. The Morgan fingerprint density at radius 1 is 1.20 bits per heavy atom. The average Bonchev–Trinajstić information content (AvgIpc) is 2.67. The van der Waals surface area contributed by atoms with Gasteiger partial charge in [0, 0.05) is 23.6 Å². The smallest absolute Gasteiger partial charge is 0.320 e. The molecule has 0 atom stereocenters. The highest BCUT2D eigenvalue weighted by Gasteiger charge is 2.12. The van der Waals surface area contributed by atoms with Crippen LogP contribution >= 0.6 is 0 Å². The molecule has 0 aliphatic carbocycles. The van der Waals surface area contributed by atoms with E-state index in [1.54, 1.807) is 24.3 Å². The number of nitrogens with two attached hydrogens (primary N) is 1. The highest BCUT2D eigenvalue weighted by atomic mass is 19.3. The van der Waals surface area contributed by atoms with Crippen molar-refractivity contribution >= 4 is 5.69 Å². The van der Waals surface area contributed by atoms with Gasteiger partial charge in [0.05, 0.1) is 0 Å². The van der Waals surface area contributed by atoms with E-state index in [9.17, 15) is 8.78 Å². The van der Waals surface area contributed by atoms with Gasteiger partial charge >= 0.3 is 6.55 Å². The van der Waals surface area contributed by atoms with Crippen LogP contribution in [0.25, 0.3) is 11.4 Å². The van der Waals surface area contributed by atoms with Crippen LogP contribution in [0.4, 0.5) is 14.5 Å². The lowest BCUT2D eigenvalue weighted by Crippen LogP contribution is -1.99. The Morgan fingerprint density at radius 3 is 2.47 bits per heavy atom. The van der Waals surface area contributed by atoms with E-state index in [0.717, 1.165) is 4.57 Å². The lowest BCUT2D eigenvalue weighted by Gasteiger charge is -2.06. The van der Waals surface area contributed by atoms with Gasteiger partial charge in [0.2, 0.25) is 0 Å². The first-order chi connectivity index (χ1) is 7.18. The normalized spacial score (nSPS) is 10.9. The molecule has 15 heavy (non-hydrogen) atoms. The van der Waals surface area contributed by atoms with Gasteiger partial charge in [0.25, 0.3) is 0 Å². The van der Waals surface area contributed by atoms with Gasteiger partial charge in [-0.3, -0.25) is 4.57 Å². The molecule has 0 aliphatic heterocycles. The van der Waals surface area contributed by atoms with E-state index in [1.165, 1.54) is 12.4 Å². The number of rotatable bonds is 2. The van der Waals surface area contributed by atoms with Crippen molar-refractivity contribution < 1.29 is 8.78 Å². The minimum atomic E-state index is -2.58. The molecule has 2 rings (SSSR count). The molecule has 0 saturated heterocycles. The monoisotopic (exact) mass is 209 g/mol. The molecule has 5 heteroatoms. The van der Waals surface area contributed by atoms with Gasteiger partial charge < -0.3 is 5.73 Å². The predicted octanol–water partition coefficient (Wildman–Crippen LogP) is 2.53. The van der Waals surface area contributed by atoms with E-state index in [1.807, 2.05) is 0 Å². The number of hydrogen-bond acceptors (Lipinski definition) is 2. The molecule has 3 nitrogen and oxygen atoms in total. The molecule has 0 fully saturated rings. The molecule has 0 bridgehead atoms. The summed E-state index contributed by atoms with van der Waals surface area (Å²) in [5.74, 6) is 0.241. The molecule has 1 aromatic heterocycles. The molecule has 0 aliphatic rings. The van der Waals surface area contributed by atoms with Gasteiger partial charge in [-0.1, -0.05) is 0 Å². The van der Waals surface area contributed by atoms with Crippen molar-refractivity contribution in [2.24, 2.45) is 0 Å². The second-order valence-electron chi connectivity index (χ2n) is 3.06. The van der Waals surface area contributed by atoms with E-state index >= 15 is 0 Å². The summed E-state index contributed by atoms with van der Waals surface area (Å²) in [6, 6.07) is 6.63. The first kappa shape index (κ1) is 9.64. The van der Waals surface area contributed by atoms with Crippen LogP contribution in [-0.2, 0) is 0 Å². The zero-order chi connectivity index (χ0) is 10.8. The molecule has 1 aromatic carbocycles. The number of benzene rings is 1. The molecule has 2 aromatic rings. The van der Waals surface area contributed by atoms with Crippen LogP contribution < -0.4 is 5.73 Å². The molecule has 0 amide bonds. The van der Waals surface area contributed by atoms with E-state index in [2.05, 4.69) is 4.98 Å². The summed E-state index contributed by atoms with van der Waals surface area (Å²) in [7, 11) is 0. The van der Waals surface area contributed by atoms with E-state index in [4.69, 9.17) is 5.73 Å². The van der Waals surface area contributed by atoms with E-state index in [0.29, 0.717) is 11.3 Å². The Labute approximate surface area is 85.2 Å². The third-order valence-corrected chi connectivity index (χ3v) is 2.05. The maximum Gasteiger partial charge on any atom is 0.320 e. The molecular weight excluding hydrogens is 200 g/mol. The fourth-order valence-corrected chi connectivity index (χ4v) is 1.33. The van der Waals surface area contributed by atoms with Gasteiger partial charge in [-0.15, -0.1) is 0 Å². The Morgan fingerprint density at radius 2 is 1.87 bits per heavy atom. The van der Waals surface area contributed by atoms with E-state index < -0.39 is 6.55 Å². The van der Waals surface area contributed by atoms with Crippen LogP contribution in [0.3, 0.4) is 0 Å². The standard InChI is InChI=1S/C10H9F2N3/c11-10(12)15-6-5-14-9(15)7-1-3-8(13)4-2-7/h1-6,10H,13H2. The van der Waals surface area contributed by atoms with Crippen molar-refractivity contribution in [2.75, 3.05) is 5.73 Å². The van der Waals surface area contributed by atoms with Crippen molar-refractivity contribution in [3.05, 3.63) is 36.7 Å². The summed E-state index contributed by atoms with van der Waals surface area (Å²) in [6.45, 7) is -2.58. The highest BCUT2D eigenvalue weighted by Crippen LogP contribution is 2.23. The molecule has 0 saturated carbocycles. The van der Waals surface area contributed by atoms with Crippen molar-refractivity contribution in [1.82, 2.24) is 9.55 Å². The predicted molar refractivity (Wildman–Crippen MR) is 53.3 cm³/mol. The van der Waals surface area contributed by atoms with Crippen LogP contribution in [-0.4, -0.2) is 9.55 Å². The molecule has 0 unspecified atom stereocenters. The van der Waals surface area contributed by atoms with Crippen LogP contribution in [0.1, 0.15) is 6.55 Å². The van der Waals surface area contributed by atoms with Crippen molar-refractivity contribution in [2.45, 2.75) is 6.55 Å². The van der Waals surface area contributed by atoms with Gasteiger partial charge in [-0.2, -0.15) is 8.78 Å². The largest absolute Gasteiger partial charge is 0.399 e. The first-order valence-electron chi connectivity index (χ1n) is 4.35. The lowest BCUT2D eigenvalue weighted by atomic mass is 10.2. The first-order valence-corrected chi connectivity index (χ1v) is 4.35. The summed E-state index contributed by atoms with van der Waals surface area (Å²) < 4.78 is 25.9. The Bertz CT molecular complexity index is 448. The third kappa shape index (κ3) is 1.81. The number of nitrogen functional groups attached to an aromatic ring is 1. The second-order valence-corrected chi connectivity index (χ2v) is 3.06. The summed E-state index contributed by atoms with van der Waals surface area (Å²) >= 11 is 0. The maximum atomic E-state index is 12.5. The van der Waals surface area contributed by atoms with Crippen molar-refractivity contribution in [3.63, 3.8) is 0 Å². The number of hydrogen-bond donors (Lipinski definition) is 1. The molecule has 78 valence electrons. The molecule has 2 N–H and O–H groups in total. The summed E-state index contributed by atoms with van der Waals surface area (Å²) in [5, 5.41) is 0. The number of anilines is 1. The van der Waals surface area contributed by atoms with Crippen LogP contribution in [0.2, 0.25) is 0 Å². The highest BCUT2D eigenvalue weighted by molar-refractivity contribution is 5.59. The van der Waals surface area contributed by atoms with Crippen molar-refractivity contribution in [1.29, 1.82) is 0 Å². The van der Waals surface area contributed by atoms with Gasteiger partial charge in [-0.25, -0.2) is 4.98 Å². The second kappa shape index (κ2) is 3.68. The zero-order valence-electron chi connectivity index (χ0n) is 7.77. The minimum absolute atomic E-state index is 0.241. The van der Waals surface area contributed by atoms with Gasteiger partial charge in [-0.05, 0) is 24.3 Å². The summed E-state index contributed by atoms with van der Waals surface area (Å²) in [5.41, 5.74) is 6.71. The van der Waals surface area contributed by atoms with Crippen LogP contribution in [0.5, 0.6) is 0 Å². The van der Waals surface area contributed by atoms with Crippen molar-refractivity contribution in [3.8, 4) is 11.4 Å². The molecule has 1 heterocycles. The SMILES string of the molecule is Nc1ccc(-c2nccn2C(F)F)cc1. The molecular formula is C10H9F2N3. The van der Waals surface area contributed by atoms with E-state index in [-0.39, 0.29) is 5.82 Å². The third-order valence-electron chi connectivity index (χ3n) is 2.05. The quantitative estimate of drug-likeness (QED) is 0.772. The number of halogens is 2. The van der Waals surface area contributed by atoms with Crippen LogP contribution in [0, 0.1) is 0 Å². The molecule has 0 radical (unpaired) electrons. The number of alkyl halides is 2. The number of imidazole rings is 1. The topological polar surface area (TPSA) is 43.8 Å². The van der Waals surface area contributed by atoms with Gasteiger partial charge in [0.1, 0.15) is 5.82 Å². The fourth-order valence-electron chi connectivity index (χ4n) is 1.33. The molecule has 0 spiro atoms. The lowest BCUT2D eigenvalue weighted by molar-refractivity contribution is 0.0720.